The maximum absolute atomic E-state index is 13.9. The van der Waals surface area contributed by atoms with Crippen molar-refractivity contribution in [2.45, 2.75) is 9.79 Å². The monoisotopic (exact) mass is 452 g/mol. The average Bonchev–Trinajstić information content (AvgIpc) is 2.63. The third-order valence-electron chi connectivity index (χ3n) is 3.97. The van der Waals surface area contributed by atoms with Crippen LogP contribution >= 0.6 is 11.6 Å². The highest BCUT2D eigenvalue weighted by atomic mass is 35.5. The molecule has 0 aliphatic carbocycles. The summed E-state index contributed by atoms with van der Waals surface area (Å²) in [4.78, 5) is -0.984. The molecule has 0 radical (unpaired) electrons. The fraction of sp³-hybridized carbons (Fsp3) is 0.250. The second-order valence-electron chi connectivity index (χ2n) is 5.84. The molecule has 152 valence electrons. The number of benzene rings is 2. The Morgan fingerprint density at radius 2 is 1.68 bits per heavy atom. The maximum Gasteiger partial charge on any atom is 0.264 e. The largest absolute Gasteiger partial charge is 0.379 e. The lowest BCUT2D eigenvalue weighted by Gasteiger charge is -2.26. The summed E-state index contributed by atoms with van der Waals surface area (Å²) in [5, 5.41) is -0.0907. The highest BCUT2D eigenvalue weighted by Crippen LogP contribution is 2.29. The molecule has 0 unspecified atom stereocenters. The number of morpholine rings is 1. The zero-order valence-corrected chi connectivity index (χ0v) is 16.6. The molecular formula is C16H15ClF2N2O5S2. The second kappa shape index (κ2) is 7.91. The molecule has 2 aromatic carbocycles. The van der Waals surface area contributed by atoms with E-state index in [1.807, 2.05) is 4.72 Å². The fourth-order valence-corrected chi connectivity index (χ4v) is 5.36. The molecule has 28 heavy (non-hydrogen) atoms. The number of anilines is 1. The number of hydrogen-bond acceptors (Lipinski definition) is 5. The highest BCUT2D eigenvalue weighted by Gasteiger charge is 2.28. The summed E-state index contributed by atoms with van der Waals surface area (Å²) in [6.45, 7) is 0.811. The van der Waals surface area contributed by atoms with Gasteiger partial charge in [0.25, 0.3) is 10.0 Å². The van der Waals surface area contributed by atoms with Crippen LogP contribution in [0.3, 0.4) is 0 Å². The SMILES string of the molecule is O=S(=O)(Nc1cc(S(=O)(=O)N2CCOCC2)ccc1Cl)c1ccc(F)cc1F. The van der Waals surface area contributed by atoms with Crippen molar-refractivity contribution in [1.82, 2.24) is 4.31 Å². The van der Waals surface area contributed by atoms with E-state index in [1.165, 1.54) is 16.4 Å². The van der Waals surface area contributed by atoms with Gasteiger partial charge in [-0.2, -0.15) is 4.31 Å². The van der Waals surface area contributed by atoms with Gasteiger partial charge in [-0.05, 0) is 30.3 Å². The van der Waals surface area contributed by atoms with E-state index in [4.69, 9.17) is 16.3 Å². The normalized spacial score (nSPS) is 16.1. The molecule has 1 saturated heterocycles. The van der Waals surface area contributed by atoms with E-state index in [2.05, 4.69) is 0 Å². The van der Waals surface area contributed by atoms with Crippen LogP contribution in [0.25, 0.3) is 0 Å². The summed E-state index contributed by atoms with van der Waals surface area (Å²) in [6.07, 6.45) is 0. The van der Waals surface area contributed by atoms with Gasteiger partial charge in [0.05, 0.1) is 28.8 Å². The first-order valence-corrected chi connectivity index (χ1v) is 11.3. The number of ether oxygens (including phenoxy) is 1. The lowest BCUT2D eigenvalue weighted by Crippen LogP contribution is -2.40. The van der Waals surface area contributed by atoms with Gasteiger partial charge in [-0.25, -0.2) is 25.6 Å². The minimum atomic E-state index is -4.47. The van der Waals surface area contributed by atoms with Crippen molar-refractivity contribution in [3.05, 3.63) is 53.1 Å². The van der Waals surface area contributed by atoms with E-state index in [9.17, 15) is 25.6 Å². The van der Waals surface area contributed by atoms with Crippen LogP contribution in [-0.4, -0.2) is 47.4 Å². The van der Waals surface area contributed by atoms with Gasteiger partial charge >= 0.3 is 0 Å². The van der Waals surface area contributed by atoms with E-state index in [0.29, 0.717) is 6.07 Å². The number of hydrogen-bond donors (Lipinski definition) is 1. The van der Waals surface area contributed by atoms with Gasteiger partial charge in [0.2, 0.25) is 10.0 Å². The van der Waals surface area contributed by atoms with E-state index in [1.54, 1.807) is 0 Å². The number of halogens is 3. The molecule has 0 amide bonds. The molecule has 0 saturated carbocycles. The van der Waals surface area contributed by atoms with Crippen LogP contribution in [0.1, 0.15) is 0 Å². The zero-order chi connectivity index (χ0) is 20.5. The lowest BCUT2D eigenvalue weighted by atomic mass is 10.3. The average molecular weight is 453 g/mol. The van der Waals surface area contributed by atoms with E-state index < -0.39 is 36.6 Å². The summed E-state index contributed by atoms with van der Waals surface area (Å²) in [7, 11) is -8.37. The summed E-state index contributed by atoms with van der Waals surface area (Å²) < 4.78 is 85.6. The van der Waals surface area contributed by atoms with Crippen molar-refractivity contribution in [3.8, 4) is 0 Å². The molecule has 0 aromatic heterocycles. The summed E-state index contributed by atoms with van der Waals surface area (Å²) in [6, 6.07) is 5.48. The summed E-state index contributed by atoms with van der Waals surface area (Å²) >= 11 is 5.98. The smallest absolute Gasteiger partial charge is 0.264 e. The number of rotatable bonds is 5. The molecule has 1 N–H and O–H groups in total. The molecule has 0 atom stereocenters. The Hall–Kier alpha value is -1.79. The van der Waals surface area contributed by atoms with Gasteiger partial charge in [0, 0.05) is 19.2 Å². The molecule has 1 aliphatic heterocycles. The van der Waals surface area contributed by atoms with Gasteiger partial charge < -0.3 is 4.74 Å². The molecule has 0 spiro atoms. The Kier molecular flexibility index (Phi) is 5.92. The third kappa shape index (κ3) is 4.28. The van der Waals surface area contributed by atoms with Crippen molar-refractivity contribution >= 4 is 37.3 Å². The van der Waals surface area contributed by atoms with Crippen LogP contribution in [0, 0.1) is 11.6 Å². The first-order chi connectivity index (χ1) is 13.1. The van der Waals surface area contributed by atoms with Crippen LogP contribution in [0.15, 0.2) is 46.2 Å². The second-order valence-corrected chi connectivity index (χ2v) is 9.83. The van der Waals surface area contributed by atoms with E-state index >= 15 is 0 Å². The predicted molar refractivity (Wildman–Crippen MR) is 98.2 cm³/mol. The first-order valence-electron chi connectivity index (χ1n) is 7.96. The van der Waals surface area contributed by atoms with Crippen molar-refractivity contribution in [3.63, 3.8) is 0 Å². The Morgan fingerprint density at radius 3 is 2.32 bits per heavy atom. The minimum Gasteiger partial charge on any atom is -0.379 e. The quantitative estimate of drug-likeness (QED) is 0.752. The fourth-order valence-electron chi connectivity index (χ4n) is 2.57. The van der Waals surface area contributed by atoms with Gasteiger partial charge in [-0.15, -0.1) is 0 Å². The van der Waals surface area contributed by atoms with E-state index in [0.717, 1.165) is 18.2 Å². The number of nitrogens with one attached hydrogen (secondary N) is 1. The van der Waals surface area contributed by atoms with Crippen molar-refractivity contribution < 1.29 is 30.4 Å². The number of nitrogens with zero attached hydrogens (tertiary/aromatic N) is 1. The molecule has 1 fully saturated rings. The standard InChI is InChI=1S/C16H15ClF2N2O5S2/c17-13-3-2-12(28(24,25)21-5-7-26-8-6-21)10-15(13)20-27(22,23)16-4-1-11(18)9-14(16)19/h1-4,9-10,20H,5-8H2. The lowest BCUT2D eigenvalue weighted by molar-refractivity contribution is 0.0730. The van der Waals surface area contributed by atoms with Gasteiger partial charge in [-0.1, -0.05) is 11.6 Å². The predicted octanol–water partition coefficient (Wildman–Crippen LogP) is 2.44. The first kappa shape index (κ1) is 20.9. The molecule has 1 heterocycles. The van der Waals surface area contributed by atoms with Crippen LogP contribution in [-0.2, 0) is 24.8 Å². The van der Waals surface area contributed by atoms with Crippen LogP contribution in [0.4, 0.5) is 14.5 Å². The van der Waals surface area contributed by atoms with Crippen LogP contribution in [0.2, 0.25) is 5.02 Å². The topological polar surface area (TPSA) is 92.8 Å². The van der Waals surface area contributed by atoms with Crippen molar-refractivity contribution in [2.24, 2.45) is 0 Å². The molecule has 3 rings (SSSR count). The maximum atomic E-state index is 13.9. The van der Waals surface area contributed by atoms with Crippen molar-refractivity contribution in [2.75, 3.05) is 31.0 Å². The summed E-state index contributed by atoms with van der Waals surface area (Å²) in [5.41, 5.74) is -0.250. The molecule has 1 aliphatic rings. The molecule has 0 bridgehead atoms. The van der Waals surface area contributed by atoms with Crippen molar-refractivity contribution in [1.29, 1.82) is 0 Å². The molecule has 7 nitrogen and oxygen atoms in total. The molecular weight excluding hydrogens is 438 g/mol. The Labute approximate surface area is 166 Å². The van der Waals surface area contributed by atoms with Gasteiger partial charge in [0.1, 0.15) is 16.5 Å². The summed E-state index contributed by atoms with van der Waals surface area (Å²) in [5.74, 6) is -2.23. The minimum absolute atomic E-state index is 0.0907. The highest BCUT2D eigenvalue weighted by molar-refractivity contribution is 7.92. The van der Waals surface area contributed by atoms with Crippen LogP contribution < -0.4 is 4.72 Å². The van der Waals surface area contributed by atoms with E-state index in [-0.39, 0.29) is 41.9 Å². The Bertz CT molecular complexity index is 1100. The Balaban J connectivity index is 1.95. The number of sulfonamides is 2. The van der Waals surface area contributed by atoms with Crippen LogP contribution in [0.5, 0.6) is 0 Å². The molecule has 12 heteroatoms. The van der Waals surface area contributed by atoms with Gasteiger partial charge in [0.15, 0.2) is 0 Å². The third-order valence-corrected chi connectivity index (χ3v) is 7.60. The molecule has 2 aromatic rings. The Morgan fingerprint density at radius 1 is 1.00 bits per heavy atom. The zero-order valence-electron chi connectivity index (χ0n) is 14.2. The van der Waals surface area contributed by atoms with Gasteiger partial charge in [-0.3, -0.25) is 4.72 Å².